The molecular weight excluding hydrogens is 292 g/mol. The summed E-state index contributed by atoms with van der Waals surface area (Å²) in [6.07, 6.45) is 0.768. The number of rotatable bonds is 6. The minimum absolute atomic E-state index is 0.0200. The van der Waals surface area contributed by atoms with E-state index in [0.717, 1.165) is 6.42 Å². The Labute approximate surface area is 126 Å². The highest BCUT2D eigenvalue weighted by atomic mass is 16.6. The third-order valence-electron chi connectivity index (χ3n) is 3.43. The van der Waals surface area contributed by atoms with Crippen LogP contribution in [0.3, 0.4) is 0 Å². The number of methoxy groups -OCH3 is 1. The van der Waals surface area contributed by atoms with Gasteiger partial charge in [-0.15, -0.1) is 0 Å². The van der Waals surface area contributed by atoms with Gasteiger partial charge in [0, 0.05) is 0 Å². The topological polar surface area (TPSA) is 108 Å². The molecule has 8 nitrogen and oxygen atoms in total. The summed E-state index contributed by atoms with van der Waals surface area (Å²) in [7, 11) is 1.38. The van der Waals surface area contributed by atoms with Crippen LogP contribution in [0, 0.1) is 22.0 Å². The van der Waals surface area contributed by atoms with Gasteiger partial charge in [0.15, 0.2) is 6.61 Å². The molecule has 22 heavy (non-hydrogen) atoms. The lowest BCUT2D eigenvalue weighted by molar-refractivity contribution is -0.384. The molecule has 0 unspecified atom stereocenters. The maximum atomic E-state index is 11.7. The van der Waals surface area contributed by atoms with E-state index in [4.69, 9.17) is 9.47 Å². The number of carbonyl (C=O) groups excluding carboxylic acids is 2. The average molecular weight is 308 g/mol. The van der Waals surface area contributed by atoms with E-state index < -0.39 is 23.4 Å². The van der Waals surface area contributed by atoms with Crippen molar-refractivity contribution < 1.29 is 24.0 Å². The molecule has 1 fully saturated rings. The van der Waals surface area contributed by atoms with Crippen molar-refractivity contribution >= 4 is 23.3 Å². The fourth-order valence-electron chi connectivity index (χ4n) is 1.98. The number of hydrogen-bond donors (Lipinski definition) is 1. The Morgan fingerprint density at radius 2 is 2.14 bits per heavy atom. The van der Waals surface area contributed by atoms with E-state index in [0.29, 0.717) is 11.7 Å². The van der Waals surface area contributed by atoms with E-state index in [9.17, 15) is 19.7 Å². The van der Waals surface area contributed by atoms with Gasteiger partial charge in [-0.2, -0.15) is 0 Å². The van der Waals surface area contributed by atoms with Crippen molar-refractivity contribution in [3.05, 3.63) is 28.3 Å². The van der Waals surface area contributed by atoms with Crippen molar-refractivity contribution in [3.8, 4) is 5.75 Å². The predicted molar refractivity (Wildman–Crippen MR) is 76.5 cm³/mol. The molecule has 0 saturated heterocycles. The Morgan fingerprint density at radius 1 is 1.45 bits per heavy atom. The first-order chi connectivity index (χ1) is 10.4. The Bertz CT molecular complexity index is 615. The number of hydrogen-bond acceptors (Lipinski definition) is 6. The first-order valence-electron chi connectivity index (χ1n) is 6.71. The number of nitro groups is 1. The zero-order valence-electron chi connectivity index (χ0n) is 12.2. The van der Waals surface area contributed by atoms with Gasteiger partial charge >= 0.3 is 5.97 Å². The second kappa shape index (κ2) is 6.42. The van der Waals surface area contributed by atoms with Gasteiger partial charge in [0.25, 0.3) is 11.6 Å². The molecule has 0 bridgehead atoms. The maximum Gasteiger partial charge on any atom is 0.309 e. The lowest BCUT2D eigenvalue weighted by Crippen LogP contribution is -2.22. The third-order valence-corrected chi connectivity index (χ3v) is 3.43. The average Bonchev–Trinajstić information content (AvgIpc) is 3.22. The molecule has 0 aliphatic heterocycles. The lowest BCUT2D eigenvalue weighted by Gasteiger charge is -2.08. The Balaban J connectivity index is 1.96. The summed E-state index contributed by atoms with van der Waals surface area (Å²) in [5.41, 5.74) is -0.276. The molecule has 118 valence electrons. The van der Waals surface area contributed by atoms with Crippen LogP contribution in [0.4, 0.5) is 11.4 Å². The monoisotopic (exact) mass is 308 g/mol. The quantitative estimate of drug-likeness (QED) is 0.487. The van der Waals surface area contributed by atoms with Gasteiger partial charge in [0.05, 0.1) is 24.0 Å². The number of ether oxygens (including phenoxy) is 2. The van der Waals surface area contributed by atoms with Crippen LogP contribution in [0.15, 0.2) is 18.2 Å². The summed E-state index contributed by atoms with van der Waals surface area (Å²) >= 11 is 0. The van der Waals surface area contributed by atoms with E-state index >= 15 is 0 Å². The summed E-state index contributed by atoms with van der Waals surface area (Å²) < 4.78 is 9.77. The van der Waals surface area contributed by atoms with Crippen molar-refractivity contribution in [2.24, 2.45) is 11.8 Å². The highest BCUT2D eigenvalue weighted by molar-refractivity contribution is 5.95. The highest BCUT2D eigenvalue weighted by Crippen LogP contribution is 2.38. The number of carbonyl (C=O) groups is 2. The first kappa shape index (κ1) is 15.7. The van der Waals surface area contributed by atoms with Gasteiger partial charge in [-0.25, -0.2) is 0 Å². The molecule has 1 saturated carbocycles. The smallest absolute Gasteiger partial charge is 0.309 e. The third kappa shape index (κ3) is 3.72. The number of nitrogens with one attached hydrogen (secondary N) is 1. The molecule has 8 heteroatoms. The van der Waals surface area contributed by atoms with E-state index in [1.807, 2.05) is 6.92 Å². The predicted octanol–water partition coefficient (Wildman–Crippen LogP) is 1.74. The molecule has 1 N–H and O–H groups in total. The van der Waals surface area contributed by atoms with Gasteiger partial charge in [0.1, 0.15) is 11.4 Å². The molecule has 1 aromatic rings. The van der Waals surface area contributed by atoms with Gasteiger partial charge < -0.3 is 14.8 Å². The number of esters is 1. The normalized spacial score (nSPS) is 19.2. The number of benzene rings is 1. The van der Waals surface area contributed by atoms with Gasteiger partial charge in [-0.1, -0.05) is 6.92 Å². The molecule has 1 aliphatic rings. The van der Waals surface area contributed by atoms with Crippen LogP contribution in [0.5, 0.6) is 5.75 Å². The van der Waals surface area contributed by atoms with Crippen molar-refractivity contribution in [3.63, 3.8) is 0 Å². The Hall–Kier alpha value is -2.64. The zero-order valence-corrected chi connectivity index (χ0v) is 12.2. The molecule has 0 aromatic heterocycles. The van der Waals surface area contributed by atoms with Crippen molar-refractivity contribution in [1.82, 2.24) is 0 Å². The molecule has 0 spiro atoms. The summed E-state index contributed by atoms with van der Waals surface area (Å²) in [6.45, 7) is 1.46. The van der Waals surface area contributed by atoms with Crippen LogP contribution >= 0.6 is 0 Å². The SMILES string of the molecule is COc1ccc(NC(=O)COC(=O)[C@@H]2C[C@@H]2C)c([N+](=O)[O-])c1. The zero-order chi connectivity index (χ0) is 16.3. The van der Waals surface area contributed by atoms with Crippen molar-refractivity contribution in [2.45, 2.75) is 13.3 Å². The van der Waals surface area contributed by atoms with E-state index in [-0.39, 0.29) is 17.3 Å². The Kier molecular flexibility index (Phi) is 4.59. The molecule has 0 radical (unpaired) electrons. The second-order valence-electron chi connectivity index (χ2n) is 5.12. The van der Waals surface area contributed by atoms with Gasteiger partial charge in [-0.3, -0.25) is 19.7 Å². The largest absolute Gasteiger partial charge is 0.496 e. The van der Waals surface area contributed by atoms with Crippen molar-refractivity contribution in [1.29, 1.82) is 0 Å². The summed E-state index contributed by atoms with van der Waals surface area (Å²) in [4.78, 5) is 33.6. The number of nitrogens with zero attached hydrogens (tertiary/aromatic N) is 1. The number of nitro benzene ring substituents is 1. The minimum atomic E-state index is -0.630. The standard InChI is InChI=1S/C14H16N2O6/c1-8-5-10(8)14(18)22-7-13(17)15-11-4-3-9(21-2)6-12(11)16(19)20/h3-4,6,8,10H,5,7H2,1-2H3,(H,15,17)/t8-,10+/m0/s1. The molecule has 1 amide bonds. The maximum absolute atomic E-state index is 11.7. The van der Waals surface area contributed by atoms with E-state index in [1.54, 1.807) is 0 Å². The second-order valence-corrected chi connectivity index (χ2v) is 5.12. The fourth-order valence-corrected chi connectivity index (χ4v) is 1.98. The lowest BCUT2D eigenvalue weighted by atomic mass is 10.2. The van der Waals surface area contributed by atoms with Gasteiger partial charge in [0.2, 0.25) is 0 Å². The van der Waals surface area contributed by atoms with E-state index in [2.05, 4.69) is 5.32 Å². The van der Waals surface area contributed by atoms with E-state index in [1.165, 1.54) is 25.3 Å². The van der Waals surface area contributed by atoms with Crippen LogP contribution in [0.1, 0.15) is 13.3 Å². The van der Waals surface area contributed by atoms with Crippen LogP contribution < -0.4 is 10.1 Å². The Morgan fingerprint density at radius 3 is 2.68 bits per heavy atom. The molecule has 2 atom stereocenters. The minimum Gasteiger partial charge on any atom is -0.496 e. The highest BCUT2D eigenvalue weighted by Gasteiger charge is 2.40. The molecule has 1 aromatic carbocycles. The summed E-state index contributed by atoms with van der Waals surface area (Å²) in [5.74, 6) is -0.581. The summed E-state index contributed by atoms with van der Waals surface area (Å²) in [5, 5.41) is 13.3. The molecule has 2 rings (SSSR count). The van der Waals surface area contributed by atoms with Crippen molar-refractivity contribution in [2.75, 3.05) is 19.0 Å². The number of amides is 1. The fraction of sp³-hybridized carbons (Fsp3) is 0.429. The molecular formula is C14H16N2O6. The number of anilines is 1. The molecule has 0 heterocycles. The van der Waals surface area contributed by atoms with Crippen LogP contribution in [0.2, 0.25) is 0 Å². The summed E-state index contributed by atoms with van der Waals surface area (Å²) in [6, 6.07) is 4.05. The van der Waals surface area contributed by atoms with Crippen LogP contribution in [0.25, 0.3) is 0 Å². The first-order valence-corrected chi connectivity index (χ1v) is 6.71. The molecule has 1 aliphatic carbocycles. The van der Waals surface area contributed by atoms with Crippen LogP contribution in [-0.4, -0.2) is 30.5 Å². The van der Waals surface area contributed by atoms with Gasteiger partial charge in [-0.05, 0) is 24.5 Å². The van der Waals surface area contributed by atoms with Crippen LogP contribution in [-0.2, 0) is 14.3 Å².